The molecule has 116 valence electrons. The average molecular weight is 318 g/mol. The molecule has 1 aromatic rings. The number of hydrogen-bond acceptors (Lipinski definition) is 3. The first-order valence-electron chi connectivity index (χ1n) is 6.32. The van der Waals surface area contributed by atoms with Gasteiger partial charge in [-0.3, -0.25) is 4.79 Å². The number of nitrogens with one attached hydrogen (secondary N) is 1. The van der Waals surface area contributed by atoms with Crippen molar-refractivity contribution in [2.45, 2.75) is 25.2 Å². The lowest BCUT2D eigenvalue weighted by Crippen LogP contribution is -2.28. The van der Waals surface area contributed by atoms with Gasteiger partial charge >= 0.3 is 0 Å². The van der Waals surface area contributed by atoms with Crippen molar-refractivity contribution < 1.29 is 22.0 Å². The van der Waals surface area contributed by atoms with E-state index in [0.29, 0.717) is 12.6 Å². The highest BCUT2D eigenvalue weighted by Gasteiger charge is 2.45. The largest absolute Gasteiger partial charge is 0.352 e. The lowest BCUT2D eigenvalue weighted by molar-refractivity contribution is 0.0945. The van der Waals surface area contributed by atoms with Crippen molar-refractivity contribution in [1.82, 2.24) is 5.32 Å². The summed E-state index contributed by atoms with van der Waals surface area (Å²) in [5.74, 6) is -3.41. The lowest BCUT2D eigenvalue weighted by atomic mass is 10.1. The van der Waals surface area contributed by atoms with Gasteiger partial charge in [-0.05, 0) is 29.9 Å². The van der Waals surface area contributed by atoms with Crippen LogP contribution in [0.2, 0.25) is 0 Å². The van der Waals surface area contributed by atoms with Crippen LogP contribution in [-0.2, 0) is 10.0 Å². The predicted molar refractivity (Wildman–Crippen MR) is 72.0 cm³/mol. The molecule has 5 nitrogen and oxygen atoms in total. The van der Waals surface area contributed by atoms with Crippen LogP contribution in [-0.4, -0.2) is 20.9 Å². The van der Waals surface area contributed by atoms with E-state index in [9.17, 15) is 22.0 Å². The first-order valence-corrected chi connectivity index (χ1v) is 7.87. The van der Waals surface area contributed by atoms with E-state index in [1.165, 1.54) is 0 Å². The number of amides is 1. The lowest BCUT2D eigenvalue weighted by Gasteiger charge is -2.09. The van der Waals surface area contributed by atoms with Crippen molar-refractivity contribution in [3.8, 4) is 0 Å². The fraction of sp³-hybridized carbons (Fsp3) is 0.462. The van der Waals surface area contributed by atoms with Crippen molar-refractivity contribution in [3.05, 3.63) is 29.3 Å². The highest BCUT2D eigenvalue weighted by Crippen LogP contribution is 2.50. The van der Waals surface area contributed by atoms with Crippen LogP contribution in [0.15, 0.2) is 17.0 Å². The number of benzene rings is 1. The first kappa shape index (κ1) is 15.8. The second-order valence-corrected chi connectivity index (χ2v) is 7.47. The summed E-state index contributed by atoms with van der Waals surface area (Å²) in [6.45, 7) is 4.39. The zero-order valence-corrected chi connectivity index (χ0v) is 12.4. The highest BCUT2D eigenvalue weighted by molar-refractivity contribution is 7.89. The second-order valence-electron chi connectivity index (χ2n) is 5.91. The van der Waals surface area contributed by atoms with Crippen LogP contribution in [0.1, 0.15) is 30.6 Å². The van der Waals surface area contributed by atoms with E-state index >= 15 is 0 Å². The number of primary sulfonamides is 1. The molecule has 0 aromatic heterocycles. The smallest absolute Gasteiger partial charge is 0.254 e. The number of carbonyl (C=O) groups is 1. The van der Waals surface area contributed by atoms with Crippen LogP contribution >= 0.6 is 0 Å². The summed E-state index contributed by atoms with van der Waals surface area (Å²) < 4.78 is 49.4. The molecule has 0 aliphatic heterocycles. The van der Waals surface area contributed by atoms with Crippen molar-refractivity contribution in [1.29, 1.82) is 0 Å². The number of hydrogen-bond donors (Lipinski definition) is 2. The fourth-order valence-electron chi connectivity index (χ4n) is 2.13. The molecule has 21 heavy (non-hydrogen) atoms. The molecule has 1 atom stereocenters. The standard InChI is InChI=1S/C13H16F2N2O3S/c1-13(2)5-7(13)6-17-12(18)9-3-8(21(16,19)20)4-10(14)11(9)15/h3-4,7H,5-6H2,1-2H3,(H,17,18)(H2,16,19,20). The molecule has 1 saturated carbocycles. The third-order valence-corrected chi connectivity index (χ3v) is 4.69. The third kappa shape index (κ3) is 3.38. The minimum atomic E-state index is -4.22. The maximum Gasteiger partial charge on any atom is 0.254 e. The van der Waals surface area contributed by atoms with Crippen molar-refractivity contribution in [2.75, 3.05) is 6.54 Å². The number of sulfonamides is 1. The van der Waals surface area contributed by atoms with Crippen LogP contribution < -0.4 is 10.5 Å². The minimum Gasteiger partial charge on any atom is -0.352 e. The van der Waals surface area contributed by atoms with Crippen LogP contribution in [0.4, 0.5) is 8.78 Å². The highest BCUT2D eigenvalue weighted by atomic mass is 32.2. The Bertz CT molecular complexity index is 702. The Balaban J connectivity index is 2.22. The summed E-state index contributed by atoms with van der Waals surface area (Å²) in [6.07, 6.45) is 0.932. The van der Waals surface area contributed by atoms with E-state index in [-0.39, 0.29) is 11.3 Å². The van der Waals surface area contributed by atoms with Gasteiger partial charge in [0.15, 0.2) is 11.6 Å². The number of halogens is 2. The van der Waals surface area contributed by atoms with E-state index in [0.717, 1.165) is 12.5 Å². The molecule has 0 radical (unpaired) electrons. The Morgan fingerprint density at radius 3 is 2.48 bits per heavy atom. The second kappa shape index (κ2) is 5.03. The molecule has 1 aliphatic carbocycles. The monoisotopic (exact) mass is 318 g/mol. The minimum absolute atomic E-state index is 0.125. The predicted octanol–water partition coefficient (Wildman–Crippen LogP) is 1.39. The van der Waals surface area contributed by atoms with E-state index in [1.54, 1.807) is 0 Å². The van der Waals surface area contributed by atoms with E-state index in [1.807, 2.05) is 13.8 Å². The van der Waals surface area contributed by atoms with Gasteiger partial charge in [0.05, 0.1) is 10.5 Å². The Kier molecular flexibility index (Phi) is 3.79. The van der Waals surface area contributed by atoms with Gasteiger partial charge in [-0.15, -0.1) is 0 Å². The zero-order chi connectivity index (χ0) is 16.0. The summed E-state index contributed by atoms with van der Waals surface area (Å²) in [7, 11) is -4.22. The number of rotatable bonds is 4. The Morgan fingerprint density at radius 1 is 1.43 bits per heavy atom. The average Bonchev–Trinajstić information content (AvgIpc) is 2.96. The maximum atomic E-state index is 13.6. The van der Waals surface area contributed by atoms with E-state index < -0.39 is 38.0 Å². The Labute approximate surface area is 121 Å². The number of carbonyl (C=O) groups excluding carboxylic acids is 1. The summed E-state index contributed by atoms with van der Waals surface area (Å²) in [5, 5.41) is 7.35. The zero-order valence-electron chi connectivity index (χ0n) is 11.6. The van der Waals surface area contributed by atoms with Crippen molar-refractivity contribution in [3.63, 3.8) is 0 Å². The molecule has 0 spiro atoms. The molecule has 0 saturated heterocycles. The van der Waals surface area contributed by atoms with Crippen LogP contribution in [0, 0.1) is 23.0 Å². The molecule has 2 rings (SSSR count). The summed E-state index contributed by atoms with van der Waals surface area (Å²) in [4.78, 5) is 11.2. The molecule has 1 aliphatic rings. The molecule has 0 bridgehead atoms. The summed E-state index contributed by atoms with van der Waals surface area (Å²) >= 11 is 0. The normalized spacial score (nSPS) is 20.1. The number of nitrogens with two attached hydrogens (primary N) is 1. The molecular weight excluding hydrogens is 302 g/mol. The molecule has 1 amide bonds. The van der Waals surface area contributed by atoms with Gasteiger partial charge in [-0.1, -0.05) is 13.8 Å². The third-order valence-electron chi connectivity index (χ3n) is 3.80. The Morgan fingerprint density at radius 2 is 2.00 bits per heavy atom. The van der Waals surface area contributed by atoms with E-state index in [2.05, 4.69) is 5.32 Å². The van der Waals surface area contributed by atoms with Crippen LogP contribution in [0.5, 0.6) is 0 Å². The summed E-state index contributed by atoms with van der Waals surface area (Å²) in [6, 6.07) is 1.19. The molecular formula is C13H16F2N2O3S. The molecule has 8 heteroatoms. The molecule has 1 unspecified atom stereocenters. The van der Waals surface area contributed by atoms with Gasteiger partial charge in [-0.2, -0.15) is 0 Å². The van der Waals surface area contributed by atoms with Gasteiger partial charge in [0, 0.05) is 6.54 Å². The van der Waals surface area contributed by atoms with Gasteiger partial charge in [-0.25, -0.2) is 22.3 Å². The fourth-order valence-corrected chi connectivity index (χ4v) is 2.68. The topological polar surface area (TPSA) is 89.3 Å². The van der Waals surface area contributed by atoms with E-state index in [4.69, 9.17) is 5.14 Å². The van der Waals surface area contributed by atoms with Gasteiger partial charge in [0.25, 0.3) is 5.91 Å². The molecule has 0 heterocycles. The summed E-state index contributed by atoms with van der Waals surface area (Å²) in [5.41, 5.74) is -0.544. The Hall–Kier alpha value is -1.54. The van der Waals surface area contributed by atoms with Crippen LogP contribution in [0.25, 0.3) is 0 Å². The molecule has 1 aromatic carbocycles. The van der Waals surface area contributed by atoms with Gasteiger partial charge in [0.2, 0.25) is 10.0 Å². The van der Waals surface area contributed by atoms with Crippen LogP contribution in [0.3, 0.4) is 0 Å². The SMILES string of the molecule is CC1(C)CC1CNC(=O)c1cc(S(N)(=O)=O)cc(F)c1F. The van der Waals surface area contributed by atoms with Crippen molar-refractivity contribution in [2.24, 2.45) is 16.5 Å². The first-order chi connectivity index (χ1) is 9.52. The maximum absolute atomic E-state index is 13.6. The van der Waals surface area contributed by atoms with Gasteiger partial charge < -0.3 is 5.32 Å². The quantitative estimate of drug-likeness (QED) is 0.879. The van der Waals surface area contributed by atoms with Crippen molar-refractivity contribution >= 4 is 15.9 Å². The molecule has 1 fully saturated rings. The molecule has 3 N–H and O–H groups in total. The van der Waals surface area contributed by atoms with Gasteiger partial charge in [0.1, 0.15) is 0 Å².